The zero-order chi connectivity index (χ0) is 36.1. The quantitative estimate of drug-likeness (QED) is 0.182. The van der Waals surface area contributed by atoms with Crippen molar-refractivity contribution in [2.45, 2.75) is 5.41 Å². The number of anilines is 3. The van der Waals surface area contributed by atoms with E-state index in [1.807, 2.05) is 6.07 Å². The second kappa shape index (κ2) is 11.4. The maximum Gasteiger partial charge on any atom is 0.137 e. The van der Waals surface area contributed by atoms with Crippen LogP contribution >= 0.6 is 0 Å². The zero-order valence-corrected chi connectivity index (χ0v) is 29.9. The highest BCUT2D eigenvalue weighted by Gasteiger charge is 2.52. The van der Waals surface area contributed by atoms with Crippen molar-refractivity contribution < 1.29 is 4.42 Å². The molecule has 1 aromatic heterocycles. The Morgan fingerprint density at radius 2 is 0.891 bits per heavy atom. The van der Waals surface area contributed by atoms with Crippen molar-refractivity contribution in [1.82, 2.24) is 0 Å². The van der Waals surface area contributed by atoms with Gasteiger partial charge in [0.1, 0.15) is 11.2 Å². The third kappa shape index (κ3) is 4.08. The van der Waals surface area contributed by atoms with Crippen LogP contribution in [0.3, 0.4) is 0 Å². The average Bonchev–Trinajstić information content (AvgIpc) is 3.89. The van der Waals surface area contributed by atoms with E-state index in [4.69, 9.17) is 4.42 Å². The number of rotatable bonds is 4. The molecule has 0 fully saturated rings. The minimum Gasteiger partial charge on any atom is -0.456 e. The van der Waals surface area contributed by atoms with Gasteiger partial charge in [0.05, 0.1) is 22.2 Å². The van der Waals surface area contributed by atoms with Gasteiger partial charge in [-0.1, -0.05) is 164 Å². The third-order valence-electron chi connectivity index (χ3n) is 12.1. The van der Waals surface area contributed by atoms with Crippen LogP contribution < -0.4 is 4.90 Å². The van der Waals surface area contributed by atoms with Crippen LogP contribution in [0.4, 0.5) is 17.1 Å². The molecule has 2 aliphatic carbocycles. The molecule has 0 atom stereocenters. The lowest BCUT2D eigenvalue weighted by molar-refractivity contribution is 0.669. The maximum atomic E-state index is 6.51. The van der Waals surface area contributed by atoms with E-state index < -0.39 is 5.41 Å². The summed E-state index contributed by atoms with van der Waals surface area (Å²) in [5.74, 6) is 0. The fourth-order valence-corrected chi connectivity index (χ4v) is 9.93. The van der Waals surface area contributed by atoms with Gasteiger partial charge in [-0.15, -0.1) is 0 Å². The molecule has 256 valence electrons. The fourth-order valence-electron chi connectivity index (χ4n) is 9.93. The monoisotopic (exact) mass is 699 g/mol. The predicted molar refractivity (Wildman–Crippen MR) is 228 cm³/mol. The number of benzene rings is 9. The lowest BCUT2D eigenvalue weighted by Crippen LogP contribution is -2.26. The standard InChI is InChI=1S/C53H33NO/c1-2-16-37-34(14-1)15-11-21-38(37)35-30-32-36(33-31-35)54(48-27-13-29-50-52(48)42-20-6-10-28-49(42)55-50)47-26-12-25-46-51(47)41-19-5-9-24-45(41)53(46)43-22-7-3-17-39(43)40-18-4-8-23-44(40)53/h1-33H. The molecule has 0 saturated carbocycles. The van der Waals surface area contributed by atoms with E-state index in [-0.39, 0.29) is 0 Å². The molecule has 0 aliphatic heterocycles. The Bertz CT molecular complexity index is 3120. The van der Waals surface area contributed by atoms with Crippen LogP contribution in [0.2, 0.25) is 0 Å². The molecular formula is C53H33NO. The molecule has 12 rings (SSSR count). The second-order valence-corrected chi connectivity index (χ2v) is 14.7. The van der Waals surface area contributed by atoms with Gasteiger partial charge in [-0.25, -0.2) is 0 Å². The minimum absolute atomic E-state index is 0.437. The third-order valence-corrected chi connectivity index (χ3v) is 12.1. The highest BCUT2D eigenvalue weighted by molar-refractivity contribution is 6.14. The summed E-state index contributed by atoms with van der Waals surface area (Å²) >= 11 is 0. The first-order valence-electron chi connectivity index (χ1n) is 19.0. The van der Waals surface area contributed by atoms with Crippen LogP contribution in [0, 0.1) is 0 Å². The molecule has 0 saturated heterocycles. The fraction of sp³-hybridized carbons (Fsp3) is 0.0189. The van der Waals surface area contributed by atoms with E-state index in [1.165, 1.54) is 66.4 Å². The zero-order valence-electron chi connectivity index (χ0n) is 29.9. The summed E-state index contributed by atoms with van der Waals surface area (Å²) in [4.78, 5) is 2.47. The Balaban J connectivity index is 1.15. The molecule has 0 bridgehead atoms. The SMILES string of the molecule is c1ccc2c(c1)-c1ccccc1C21c2ccccc2-c2c(N(c3ccc(-c4cccc5ccccc45)cc3)c3cccc4oc5ccccc5c34)cccc21. The van der Waals surface area contributed by atoms with Gasteiger partial charge in [0.25, 0.3) is 0 Å². The summed E-state index contributed by atoms with van der Waals surface area (Å²) < 4.78 is 6.51. The maximum absolute atomic E-state index is 6.51. The van der Waals surface area contributed by atoms with Gasteiger partial charge in [-0.05, 0) is 97.2 Å². The topological polar surface area (TPSA) is 16.4 Å². The molecule has 0 radical (unpaired) electrons. The number of hydrogen-bond donors (Lipinski definition) is 0. The van der Waals surface area contributed by atoms with Crippen LogP contribution in [0.5, 0.6) is 0 Å². The van der Waals surface area contributed by atoms with E-state index in [9.17, 15) is 0 Å². The number of fused-ring (bicyclic) bond motifs is 14. The molecule has 55 heavy (non-hydrogen) atoms. The van der Waals surface area contributed by atoms with Crippen molar-refractivity contribution in [2.75, 3.05) is 4.90 Å². The molecule has 0 amide bonds. The Morgan fingerprint density at radius 1 is 0.364 bits per heavy atom. The largest absolute Gasteiger partial charge is 0.456 e. The first kappa shape index (κ1) is 30.3. The molecule has 1 heterocycles. The van der Waals surface area contributed by atoms with Crippen LogP contribution in [0.15, 0.2) is 205 Å². The van der Waals surface area contributed by atoms with Gasteiger partial charge in [-0.3, -0.25) is 0 Å². The van der Waals surface area contributed by atoms with Crippen LogP contribution in [-0.4, -0.2) is 0 Å². The normalized spacial score (nSPS) is 13.2. The van der Waals surface area contributed by atoms with E-state index in [0.29, 0.717) is 0 Å². The van der Waals surface area contributed by atoms with Gasteiger partial charge in [0.15, 0.2) is 0 Å². The molecule has 2 aliphatic rings. The van der Waals surface area contributed by atoms with E-state index in [1.54, 1.807) is 0 Å². The van der Waals surface area contributed by atoms with Crippen molar-refractivity contribution >= 4 is 49.8 Å². The Kier molecular flexibility index (Phi) is 6.29. The van der Waals surface area contributed by atoms with Crippen LogP contribution in [0.25, 0.3) is 66.1 Å². The summed E-state index contributed by atoms with van der Waals surface area (Å²) in [6.07, 6.45) is 0. The lowest BCUT2D eigenvalue weighted by Gasteiger charge is -2.32. The van der Waals surface area contributed by atoms with Crippen molar-refractivity contribution in [3.8, 4) is 33.4 Å². The van der Waals surface area contributed by atoms with Crippen molar-refractivity contribution in [3.05, 3.63) is 222 Å². The molecule has 2 heteroatoms. The van der Waals surface area contributed by atoms with E-state index >= 15 is 0 Å². The van der Waals surface area contributed by atoms with Crippen LogP contribution in [0.1, 0.15) is 22.3 Å². The number of para-hydroxylation sites is 1. The molecule has 9 aromatic carbocycles. The Hall–Kier alpha value is -7.16. The molecule has 0 N–H and O–H groups in total. The smallest absolute Gasteiger partial charge is 0.137 e. The summed E-state index contributed by atoms with van der Waals surface area (Å²) in [7, 11) is 0. The number of hydrogen-bond acceptors (Lipinski definition) is 2. The molecular weight excluding hydrogens is 667 g/mol. The summed E-state index contributed by atoms with van der Waals surface area (Å²) in [6, 6.07) is 73.2. The van der Waals surface area contributed by atoms with Gasteiger partial charge in [0.2, 0.25) is 0 Å². The Morgan fingerprint density at radius 3 is 1.67 bits per heavy atom. The minimum atomic E-state index is -0.437. The first-order valence-corrected chi connectivity index (χ1v) is 19.0. The summed E-state index contributed by atoms with van der Waals surface area (Å²) in [5.41, 5.74) is 17.5. The molecule has 1 spiro atoms. The molecule has 10 aromatic rings. The number of nitrogens with zero attached hydrogens (tertiary/aromatic N) is 1. The highest BCUT2D eigenvalue weighted by atomic mass is 16.3. The highest BCUT2D eigenvalue weighted by Crippen LogP contribution is 2.64. The van der Waals surface area contributed by atoms with E-state index in [2.05, 4.69) is 199 Å². The summed E-state index contributed by atoms with van der Waals surface area (Å²) in [6.45, 7) is 0. The molecule has 2 nitrogen and oxygen atoms in total. The average molecular weight is 700 g/mol. The number of furan rings is 1. The van der Waals surface area contributed by atoms with Gasteiger partial charge < -0.3 is 9.32 Å². The van der Waals surface area contributed by atoms with Crippen molar-refractivity contribution in [3.63, 3.8) is 0 Å². The first-order chi connectivity index (χ1) is 27.3. The molecule has 0 unspecified atom stereocenters. The van der Waals surface area contributed by atoms with Gasteiger partial charge in [-0.2, -0.15) is 0 Å². The van der Waals surface area contributed by atoms with Gasteiger partial charge in [0, 0.05) is 16.6 Å². The second-order valence-electron chi connectivity index (χ2n) is 14.7. The van der Waals surface area contributed by atoms with Crippen molar-refractivity contribution in [1.29, 1.82) is 0 Å². The summed E-state index contributed by atoms with van der Waals surface area (Å²) in [5, 5.41) is 4.70. The van der Waals surface area contributed by atoms with E-state index in [0.717, 1.165) is 39.0 Å². The predicted octanol–water partition coefficient (Wildman–Crippen LogP) is 14.2. The van der Waals surface area contributed by atoms with Gasteiger partial charge >= 0.3 is 0 Å². The Labute approximate surface area is 319 Å². The lowest BCUT2D eigenvalue weighted by atomic mass is 9.70. The van der Waals surface area contributed by atoms with Crippen LogP contribution in [-0.2, 0) is 5.41 Å². The van der Waals surface area contributed by atoms with Crippen molar-refractivity contribution in [2.24, 2.45) is 0 Å².